The van der Waals surface area contributed by atoms with Crippen molar-refractivity contribution in [1.82, 2.24) is 9.78 Å². The molecule has 2 amide bonds. The molecule has 5 rings (SSSR count). The van der Waals surface area contributed by atoms with Crippen LogP contribution in [0.1, 0.15) is 49.3 Å². The first-order valence-corrected chi connectivity index (χ1v) is 12.9. The van der Waals surface area contributed by atoms with E-state index in [2.05, 4.69) is 17.1 Å². The number of nitrogens with two attached hydrogens (primary N) is 1. The number of terminal acetylenes is 1. The minimum Gasteiger partial charge on any atom is -0.495 e. The molecule has 208 valence electrons. The maximum Gasteiger partial charge on any atom is 0.277 e. The quantitative estimate of drug-likeness (QED) is 0.256. The van der Waals surface area contributed by atoms with E-state index >= 15 is 0 Å². The van der Waals surface area contributed by atoms with Crippen LogP contribution >= 0.6 is 0 Å². The van der Waals surface area contributed by atoms with Crippen LogP contribution in [-0.2, 0) is 6.54 Å². The van der Waals surface area contributed by atoms with Gasteiger partial charge in [0.05, 0.1) is 30.8 Å². The number of hydrogen-bond acceptors (Lipinski definition) is 7. The second-order valence-electron chi connectivity index (χ2n) is 9.57. The molecule has 2 N–H and O–H groups in total. The lowest BCUT2D eigenvalue weighted by Crippen LogP contribution is -2.47. The highest BCUT2D eigenvalue weighted by Crippen LogP contribution is 2.34. The van der Waals surface area contributed by atoms with E-state index in [1.54, 1.807) is 65.6 Å². The van der Waals surface area contributed by atoms with Crippen LogP contribution in [0.3, 0.4) is 0 Å². The average Bonchev–Trinajstić information content (AvgIpc) is 3.39. The smallest absolute Gasteiger partial charge is 0.277 e. The normalized spacial score (nSPS) is 14.0. The summed E-state index contributed by atoms with van der Waals surface area (Å²) in [6, 6.07) is 19.9. The SMILES string of the molecule is C#CCOc1cccc(C(=O)c2ccc(N3C(=O)c4c(C(N)=O)c(-c5ccc(OC)c(C#N)c5)nn4C[C@@H]3C)cc2)c1. The molecule has 1 aliphatic heterocycles. The van der Waals surface area contributed by atoms with Gasteiger partial charge in [0.15, 0.2) is 5.78 Å². The summed E-state index contributed by atoms with van der Waals surface area (Å²) in [5, 5.41) is 14.1. The monoisotopic (exact) mass is 559 g/mol. The predicted molar refractivity (Wildman–Crippen MR) is 154 cm³/mol. The highest BCUT2D eigenvalue weighted by Gasteiger charge is 2.38. The Kier molecular flexibility index (Phi) is 7.46. The van der Waals surface area contributed by atoms with Crippen molar-refractivity contribution >= 4 is 23.3 Å². The second-order valence-corrected chi connectivity index (χ2v) is 9.57. The Labute approximate surface area is 241 Å². The number of methoxy groups -OCH3 is 1. The zero-order chi connectivity index (χ0) is 30.0. The van der Waals surface area contributed by atoms with E-state index in [1.165, 1.54) is 17.9 Å². The molecular weight excluding hydrogens is 534 g/mol. The number of benzene rings is 3. The van der Waals surface area contributed by atoms with Gasteiger partial charge < -0.3 is 20.1 Å². The van der Waals surface area contributed by atoms with Gasteiger partial charge in [-0.3, -0.25) is 19.1 Å². The predicted octanol–water partition coefficient (Wildman–Crippen LogP) is 3.82. The lowest BCUT2D eigenvalue weighted by atomic mass is 10.0. The van der Waals surface area contributed by atoms with Gasteiger partial charge in [0.2, 0.25) is 0 Å². The van der Waals surface area contributed by atoms with Gasteiger partial charge in [-0.2, -0.15) is 10.4 Å². The standard InChI is InChI=1S/C32H25N5O5/c1-4-14-42-25-7-5-6-22(16-25)30(38)20-8-11-24(12-9-20)37-19(2)18-36-29(32(37)40)27(31(34)39)28(35-36)21-10-13-26(41-3)23(15-21)17-33/h1,5-13,15-16,19H,14,18H2,2-3H3,(H2,34,39)/t19-/m0/s1. The number of fused-ring (bicyclic) bond motifs is 1. The molecule has 1 aliphatic rings. The van der Waals surface area contributed by atoms with Gasteiger partial charge in [-0.05, 0) is 61.5 Å². The lowest BCUT2D eigenvalue weighted by Gasteiger charge is -2.34. The first kappa shape index (κ1) is 27.7. The number of nitrogens with zero attached hydrogens (tertiary/aromatic N) is 4. The van der Waals surface area contributed by atoms with Crippen LogP contribution in [0.4, 0.5) is 5.69 Å². The molecule has 0 aliphatic carbocycles. The topological polar surface area (TPSA) is 141 Å². The first-order chi connectivity index (χ1) is 20.3. The summed E-state index contributed by atoms with van der Waals surface area (Å²) >= 11 is 0. The maximum absolute atomic E-state index is 13.9. The van der Waals surface area contributed by atoms with Crippen LogP contribution in [0, 0.1) is 23.7 Å². The van der Waals surface area contributed by atoms with Crippen molar-refractivity contribution in [1.29, 1.82) is 5.26 Å². The van der Waals surface area contributed by atoms with Gasteiger partial charge >= 0.3 is 0 Å². The molecule has 10 nitrogen and oxygen atoms in total. The molecule has 0 bridgehead atoms. The third-order valence-electron chi connectivity index (χ3n) is 6.92. The fraction of sp³-hybridized carbons (Fsp3) is 0.156. The molecule has 42 heavy (non-hydrogen) atoms. The Morgan fingerprint density at radius 3 is 2.55 bits per heavy atom. The number of amides is 2. The molecule has 3 aromatic carbocycles. The Hall–Kier alpha value is -5.87. The number of anilines is 1. The molecule has 0 spiro atoms. The molecule has 0 saturated carbocycles. The summed E-state index contributed by atoms with van der Waals surface area (Å²) < 4.78 is 12.1. The molecule has 0 unspecified atom stereocenters. The summed E-state index contributed by atoms with van der Waals surface area (Å²) in [5.41, 5.74) is 8.07. The number of carbonyl (C=O) groups is 3. The van der Waals surface area contributed by atoms with E-state index in [9.17, 15) is 19.6 Å². The van der Waals surface area contributed by atoms with Crippen molar-refractivity contribution in [3.63, 3.8) is 0 Å². The number of ketones is 1. The minimum atomic E-state index is -0.821. The molecule has 1 aromatic heterocycles. The molecular formula is C32H25N5O5. The third-order valence-corrected chi connectivity index (χ3v) is 6.92. The van der Waals surface area contributed by atoms with Crippen LogP contribution in [0.2, 0.25) is 0 Å². The zero-order valence-electron chi connectivity index (χ0n) is 22.8. The largest absolute Gasteiger partial charge is 0.495 e. The summed E-state index contributed by atoms with van der Waals surface area (Å²) in [7, 11) is 1.45. The highest BCUT2D eigenvalue weighted by atomic mass is 16.5. The maximum atomic E-state index is 13.9. The Morgan fingerprint density at radius 1 is 1.12 bits per heavy atom. The summed E-state index contributed by atoms with van der Waals surface area (Å²) in [5.74, 6) is 1.74. The fourth-order valence-electron chi connectivity index (χ4n) is 5.00. The molecule has 0 radical (unpaired) electrons. The minimum absolute atomic E-state index is 0.0373. The fourth-order valence-corrected chi connectivity index (χ4v) is 5.00. The Balaban J connectivity index is 1.47. The van der Waals surface area contributed by atoms with Gasteiger partial charge in [0.25, 0.3) is 11.8 Å². The molecule has 4 aromatic rings. The van der Waals surface area contributed by atoms with Gasteiger partial charge in [-0.25, -0.2) is 0 Å². The van der Waals surface area contributed by atoms with E-state index in [1.807, 2.05) is 6.92 Å². The van der Waals surface area contributed by atoms with Gasteiger partial charge in [0, 0.05) is 22.4 Å². The molecule has 0 fully saturated rings. The van der Waals surface area contributed by atoms with E-state index in [0.29, 0.717) is 33.9 Å². The summed E-state index contributed by atoms with van der Waals surface area (Å²) in [6.45, 7) is 2.23. The Bertz CT molecular complexity index is 1810. The number of nitriles is 1. The molecule has 0 saturated heterocycles. The number of hydrogen-bond donors (Lipinski definition) is 1. The van der Waals surface area contributed by atoms with Crippen LogP contribution in [0.5, 0.6) is 11.5 Å². The van der Waals surface area contributed by atoms with E-state index in [4.69, 9.17) is 21.6 Å². The summed E-state index contributed by atoms with van der Waals surface area (Å²) in [6.07, 6.45) is 5.25. The molecule has 2 heterocycles. The van der Waals surface area contributed by atoms with Crippen LogP contribution in [-0.4, -0.2) is 47.1 Å². The number of primary amides is 1. The molecule has 10 heteroatoms. The average molecular weight is 560 g/mol. The van der Waals surface area contributed by atoms with Gasteiger partial charge in [-0.1, -0.05) is 18.1 Å². The summed E-state index contributed by atoms with van der Waals surface area (Å²) in [4.78, 5) is 41.2. The van der Waals surface area contributed by atoms with Crippen molar-refractivity contribution < 1.29 is 23.9 Å². The van der Waals surface area contributed by atoms with Gasteiger partial charge in [0.1, 0.15) is 35.6 Å². The van der Waals surface area contributed by atoms with E-state index in [-0.39, 0.29) is 47.5 Å². The number of ether oxygens (including phenoxy) is 2. The number of rotatable bonds is 8. The van der Waals surface area contributed by atoms with Crippen molar-refractivity contribution in [2.45, 2.75) is 19.5 Å². The van der Waals surface area contributed by atoms with E-state index in [0.717, 1.165) is 0 Å². The number of aromatic nitrogens is 2. The van der Waals surface area contributed by atoms with Crippen LogP contribution in [0.25, 0.3) is 11.3 Å². The highest BCUT2D eigenvalue weighted by molar-refractivity contribution is 6.15. The molecule has 1 atom stereocenters. The number of carbonyl (C=O) groups excluding carboxylic acids is 3. The lowest BCUT2D eigenvalue weighted by molar-refractivity contribution is 0.0929. The third kappa shape index (κ3) is 4.93. The van der Waals surface area contributed by atoms with Gasteiger partial charge in [-0.15, -0.1) is 6.42 Å². The van der Waals surface area contributed by atoms with Crippen LogP contribution in [0.15, 0.2) is 66.7 Å². The van der Waals surface area contributed by atoms with E-state index < -0.39 is 11.8 Å². The second kappa shape index (κ2) is 11.3. The van der Waals surface area contributed by atoms with Crippen molar-refractivity contribution in [3.8, 4) is 41.2 Å². The Morgan fingerprint density at radius 2 is 1.88 bits per heavy atom. The van der Waals surface area contributed by atoms with Crippen molar-refractivity contribution in [2.75, 3.05) is 18.6 Å². The zero-order valence-corrected chi connectivity index (χ0v) is 22.8. The van der Waals surface area contributed by atoms with Crippen LogP contribution < -0.4 is 20.1 Å². The van der Waals surface area contributed by atoms with Crippen molar-refractivity contribution in [3.05, 3.63) is 94.7 Å². The first-order valence-electron chi connectivity index (χ1n) is 12.9. The van der Waals surface area contributed by atoms with Crippen molar-refractivity contribution in [2.24, 2.45) is 5.73 Å².